The Bertz CT molecular complexity index is 1250. The van der Waals surface area contributed by atoms with Gasteiger partial charge in [-0.25, -0.2) is 9.97 Å². The number of nitrogens with one attached hydrogen (secondary N) is 2. The van der Waals surface area contributed by atoms with Crippen molar-refractivity contribution in [1.82, 2.24) is 19.9 Å². The Balaban J connectivity index is 1.61. The maximum Gasteiger partial charge on any atom is 0.254 e. The van der Waals surface area contributed by atoms with Crippen LogP contribution < -0.4 is 10.6 Å². The molecule has 0 spiro atoms. The van der Waals surface area contributed by atoms with Crippen molar-refractivity contribution < 1.29 is 4.79 Å². The average Bonchev–Trinajstić information content (AvgIpc) is 3.33. The molecule has 0 fully saturated rings. The van der Waals surface area contributed by atoms with Gasteiger partial charge in [-0.15, -0.1) is 11.8 Å². The van der Waals surface area contributed by atoms with Gasteiger partial charge in [0.2, 0.25) is 0 Å². The van der Waals surface area contributed by atoms with Crippen molar-refractivity contribution in [3.8, 4) is 11.1 Å². The van der Waals surface area contributed by atoms with Crippen molar-refractivity contribution in [2.24, 2.45) is 7.05 Å². The molecule has 0 bridgehead atoms. The molecule has 4 heterocycles. The number of aryl methyl sites for hydroxylation is 1. The van der Waals surface area contributed by atoms with Crippen LogP contribution in [0.25, 0.3) is 22.2 Å². The highest BCUT2D eigenvalue weighted by molar-refractivity contribution is 7.98. The Kier molecular flexibility index (Phi) is 4.24. The van der Waals surface area contributed by atoms with Gasteiger partial charge in [-0.2, -0.15) is 0 Å². The lowest BCUT2D eigenvalue weighted by Gasteiger charge is -2.14. The first-order chi connectivity index (χ1) is 14.2. The van der Waals surface area contributed by atoms with Crippen LogP contribution in [0.1, 0.15) is 15.9 Å². The number of pyridine rings is 2. The summed E-state index contributed by atoms with van der Waals surface area (Å²) >= 11 is 1.65. The minimum atomic E-state index is -0.0663. The molecule has 5 rings (SSSR count). The van der Waals surface area contributed by atoms with E-state index in [0.29, 0.717) is 17.9 Å². The molecule has 4 aromatic rings. The van der Waals surface area contributed by atoms with Gasteiger partial charge in [0.25, 0.3) is 5.91 Å². The molecule has 0 aliphatic carbocycles. The number of hydrogen-bond donors (Lipinski definition) is 2. The Morgan fingerprint density at radius 1 is 1.10 bits per heavy atom. The number of benzene rings is 1. The molecule has 1 aliphatic rings. The minimum absolute atomic E-state index is 0.0663. The van der Waals surface area contributed by atoms with Crippen molar-refractivity contribution in [3.05, 3.63) is 66.1 Å². The standard InChI is InChI=1S/C22H19N5OS/c1-27-10-8-16-15(7-9-23-21(16)27)14-4-5-18(20-17(14)12-25-22(20)28)26-19-6-3-13(29-2)11-24-19/h3-11H,12H2,1-2H3,(H,24,26)(H,25,28). The van der Waals surface area contributed by atoms with Gasteiger partial charge in [0, 0.05) is 42.5 Å². The molecule has 0 saturated heterocycles. The summed E-state index contributed by atoms with van der Waals surface area (Å²) in [7, 11) is 1.98. The Labute approximate surface area is 172 Å². The molecule has 6 nitrogen and oxygen atoms in total. The predicted molar refractivity (Wildman–Crippen MR) is 117 cm³/mol. The molecule has 3 aromatic heterocycles. The van der Waals surface area contributed by atoms with E-state index in [-0.39, 0.29) is 5.91 Å². The fourth-order valence-electron chi connectivity index (χ4n) is 3.82. The average molecular weight is 401 g/mol. The lowest BCUT2D eigenvalue weighted by molar-refractivity contribution is 0.0966. The first-order valence-corrected chi connectivity index (χ1v) is 10.5. The van der Waals surface area contributed by atoms with Gasteiger partial charge in [-0.05, 0) is 53.3 Å². The zero-order chi connectivity index (χ0) is 20.0. The summed E-state index contributed by atoms with van der Waals surface area (Å²) in [5.74, 6) is 0.648. The third-order valence-corrected chi connectivity index (χ3v) is 5.97. The smallest absolute Gasteiger partial charge is 0.254 e. The monoisotopic (exact) mass is 401 g/mol. The fourth-order valence-corrected chi connectivity index (χ4v) is 4.18. The number of rotatable bonds is 4. The molecule has 1 aromatic carbocycles. The first kappa shape index (κ1) is 17.8. The van der Waals surface area contributed by atoms with E-state index in [0.717, 1.165) is 38.3 Å². The zero-order valence-electron chi connectivity index (χ0n) is 16.1. The topological polar surface area (TPSA) is 71.8 Å². The summed E-state index contributed by atoms with van der Waals surface area (Å²) in [5.41, 5.74) is 5.50. The number of anilines is 2. The van der Waals surface area contributed by atoms with Crippen molar-refractivity contribution in [3.63, 3.8) is 0 Å². The number of thioether (sulfide) groups is 1. The van der Waals surface area contributed by atoms with E-state index in [1.165, 1.54) is 0 Å². The number of carbonyl (C=O) groups excluding carboxylic acids is 1. The van der Waals surface area contributed by atoms with Crippen LogP contribution in [0.4, 0.5) is 11.5 Å². The van der Waals surface area contributed by atoms with Crippen LogP contribution in [0.2, 0.25) is 0 Å². The Morgan fingerprint density at radius 2 is 2.00 bits per heavy atom. The largest absolute Gasteiger partial charge is 0.348 e. The SMILES string of the molecule is CSc1ccc(Nc2ccc(-c3ccnc4c3ccn4C)c3c2C(=O)NC3)nc1. The second-order valence-corrected chi connectivity index (χ2v) is 7.81. The Hall–Kier alpha value is -3.32. The van der Waals surface area contributed by atoms with E-state index in [4.69, 9.17) is 0 Å². The maximum absolute atomic E-state index is 12.6. The summed E-state index contributed by atoms with van der Waals surface area (Å²) in [6.07, 6.45) is 7.66. The van der Waals surface area contributed by atoms with Crippen LogP contribution in [-0.4, -0.2) is 26.7 Å². The molecule has 1 aliphatic heterocycles. The van der Waals surface area contributed by atoms with Gasteiger partial charge in [-0.3, -0.25) is 4.79 Å². The van der Waals surface area contributed by atoms with E-state index >= 15 is 0 Å². The summed E-state index contributed by atoms with van der Waals surface area (Å²) in [6.45, 7) is 0.508. The summed E-state index contributed by atoms with van der Waals surface area (Å²) in [4.78, 5) is 22.7. The van der Waals surface area contributed by atoms with Gasteiger partial charge in [0.15, 0.2) is 0 Å². The minimum Gasteiger partial charge on any atom is -0.348 e. The second kappa shape index (κ2) is 6.93. The third-order valence-electron chi connectivity index (χ3n) is 5.26. The first-order valence-electron chi connectivity index (χ1n) is 9.27. The summed E-state index contributed by atoms with van der Waals surface area (Å²) < 4.78 is 2.00. The highest BCUT2D eigenvalue weighted by Crippen LogP contribution is 2.37. The zero-order valence-corrected chi connectivity index (χ0v) is 16.9. The summed E-state index contributed by atoms with van der Waals surface area (Å²) in [5, 5.41) is 7.35. The highest BCUT2D eigenvalue weighted by Gasteiger charge is 2.27. The van der Waals surface area contributed by atoms with E-state index in [1.807, 2.05) is 60.7 Å². The van der Waals surface area contributed by atoms with Crippen molar-refractivity contribution in [1.29, 1.82) is 0 Å². The number of hydrogen-bond acceptors (Lipinski definition) is 5. The van der Waals surface area contributed by atoms with Crippen molar-refractivity contribution in [2.75, 3.05) is 11.6 Å². The lowest BCUT2D eigenvalue weighted by atomic mass is 9.94. The van der Waals surface area contributed by atoms with Crippen LogP contribution >= 0.6 is 11.8 Å². The van der Waals surface area contributed by atoms with Gasteiger partial charge in [0.1, 0.15) is 11.5 Å². The second-order valence-electron chi connectivity index (χ2n) is 6.93. The molecular formula is C22H19N5OS. The van der Waals surface area contributed by atoms with Crippen LogP contribution in [-0.2, 0) is 13.6 Å². The molecule has 144 valence electrons. The normalized spacial score (nSPS) is 12.8. The van der Waals surface area contributed by atoms with Gasteiger partial charge in [-0.1, -0.05) is 6.07 Å². The van der Waals surface area contributed by atoms with Gasteiger partial charge < -0.3 is 15.2 Å². The number of aromatic nitrogens is 3. The molecule has 29 heavy (non-hydrogen) atoms. The van der Waals surface area contributed by atoms with Crippen LogP contribution in [0.3, 0.4) is 0 Å². The molecule has 0 saturated carbocycles. The van der Waals surface area contributed by atoms with Crippen molar-refractivity contribution >= 4 is 40.2 Å². The Morgan fingerprint density at radius 3 is 2.79 bits per heavy atom. The molecule has 0 atom stereocenters. The number of carbonyl (C=O) groups is 1. The van der Waals surface area contributed by atoms with Gasteiger partial charge >= 0.3 is 0 Å². The quantitative estimate of drug-likeness (QED) is 0.498. The van der Waals surface area contributed by atoms with Crippen LogP contribution in [0.5, 0.6) is 0 Å². The van der Waals surface area contributed by atoms with Gasteiger partial charge in [0.05, 0.1) is 11.3 Å². The van der Waals surface area contributed by atoms with E-state index in [2.05, 4.69) is 32.7 Å². The molecule has 7 heteroatoms. The van der Waals surface area contributed by atoms with E-state index in [1.54, 1.807) is 11.8 Å². The molecule has 2 N–H and O–H groups in total. The number of nitrogens with zero attached hydrogens (tertiary/aromatic N) is 3. The van der Waals surface area contributed by atoms with Crippen LogP contribution in [0.15, 0.2) is 59.9 Å². The van der Waals surface area contributed by atoms with E-state index < -0.39 is 0 Å². The molecular weight excluding hydrogens is 382 g/mol. The fraction of sp³-hybridized carbons (Fsp3) is 0.136. The highest BCUT2D eigenvalue weighted by atomic mass is 32.2. The molecule has 0 unspecified atom stereocenters. The van der Waals surface area contributed by atoms with E-state index in [9.17, 15) is 4.79 Å². The lowest BCUT2D eigenvalue weighted by Crippen LogP contribution is -2.13. The number of amides is 1. The molecule has 0 radical (unpaired) electrons. The number of fused-ring (bicyclic) bond motifs is 2. The summed E-state index contributed by atoms with van der Waals surface area (Å²) in [6, 6.07) is 12.0. The predicted octanol–water partition coefficient (Wildman–Crippen LogP) is 4.34. The third kappa shape index (κ3) is 2.94. The molecule has 1 amide bonds. The van der Waals surface area contributed by atoms with Crippen molar-refractivity contribution in [2.45, 2.75) is 11.4 Å². The van der Waals surface area contributed by atoms with Crippen LogP contribution in [0, 0.1) is 0 Å². The maximum atomic E-state index is 12.6.